The Morgan fingerprint density at radius 2 is 2.04 bits per heavy atom. The van der Waals surface area contributed by atoms with Crippen LogP contribution in [0.15, 0.2) is 36.4 Å². The quantitative estimate of drug-likeness (QED) is 0.887. The third-order valence-electron chi connectivity index (χ3n) is 3.39. The number of nitrogens with zero attached hydrogens (tertiary/aromatic N) is 4. The van der Waals surface area contributed by atoms with E-state index in [9.17, 15) is 4.79 Å². The summed E-state index contributed by atoms with van der Waals surface area (Å²) in [5.41, 5.74) is 1.49. The molecule has 0 fully saturated rings. The maximum absolute atomic E-state index is 12.2. The second-order valence-electron chi connectivity index (χ2n) is 5.17. The SMILES string of the molecule is CCCCN(C)C(=O)c1ccc(Nc2ccccc2C#N)nn1. The molecule has 1 aromatic carbocycles. The first-order valence-corrected chi connectivity index (χ1v) is 7.51. The minimum absolute atomic E-state index is 0.144. The summed E-state index contributed by atoms with van der Waals surface area (Å²) < 4.78 is 0. The predicted molar refractivity (Wildman–Crippen MR) is 88.3 cm³/mol. The van der Waals surface area contributed by atoms with Crippen molar-refractivity contribution in [1.82, 2.24) is 15.1 Å². The molecule has 0 aliphatic heterocycles. The van der Waals surface area contributed by atoms with Crippen molar-refractivity contribution < 1.29 is 4.79 Å². The number of para-hydroxylation sites is 1. The zero-order valence-electron chi connectivity index (χ0n) is 13.3. The molecule has 2 rings (SSSR count). The van der Waals surface area contributed by atoms with Crippen LogP contribution in [-0.4, -0.2) is 34.6 Å². The number of carbonyl (C=O) groups excluding carboxylic acids is 1. The summed E-state index contributed by atoms with van der Waals surface area (Å²) in [4.78, 5) is 13.8. The Hall–Kier alpha value is -2.94. The van der Waals surface area contributed by atoms with E-state index >= 15 is 0 Å². The molecular formula is C17H19N5O. The van der Waals surface area contributed by atoms with Gasteiger partial charge in [0.05, 0.1) is 11.3 Å². The van der Waals surface area contributed by atoms with Gasteiger partial charge in [-0.15, -0.1) is 10.2 Å². The first-order chi connectivity index (χ1) is 11.2. The number of hydrogen-bond acceptors (Lipinski definition) is 5. The summed E-state index contributed by atoms with van der Waals surface area (Å²) in [5, 5.41) is 20.1. The largest absolute Gasteiger partial charge is 0.340 e. The van der Waals surface area contributed by atoms with Gasteiger partial charge < -0.3 is 10.2 Å². The molecule has 1 aromatic heterocycles. The molecule has 0 aliphatic rings. The van der Waals surface area contributed by atoms with Crippen LogP contribution in [0.5, 0.6) is 0 Å². The molecule has 0 bridgehead atoms. The van der Waals surface area contributed by atoms with Gasteiger partial charge >= 0.3 is 0 Å². The Balaban J connectivity index is 2.08. The Morgan fingerprint density at radius 3 is 2.70 bits per heavy atom. The van der Waals surface area contributed by atoms with Gasteiger partial charge in [-0.05, 0) is 30.7 Å². The van der Waals surface area contributed by atoms with Crippen LogP contribution in [0.4, 0.5) is 11.5 Å². The van der Waals surface area contributed by atoms with Crippen molar-refractivity contribution in [3.05, 3.63) is 47.7 Å². The van der Waals surface area contributed by atoms with Gasteiger partial charge in [-0.1, -0.05) is 25.5 Å². The fraction of sp³-hybridized carbons (Fsp3) is 0.294. The Morgan fingerprint density at radius 1 is 1.26 bits per heavy atom. The van der Waals surface area contributed by atoms with E-state index in [1.807, 2.05) is 6.07 Å². The molecule has 1 N–H and O–H groups in total. The average molecular weight is 309 g/mol. The normalized spacial score (nSPS) is 9.96. The van der Waals surface area contributed by atoms with Gasteiger partial charge in [-0.2, -0.15) is 5.26 Å². The van der Waals surface area contributed by atoms with E-state index < -0.39 is 0 Å². The highest BCUT2D eigenvalue weighted by atomic mass is 16.2. The molecule has 2 aromatic rings. The number of hydrogen-bond donors (Lipinski definition) is 1. The number of nitriles is 1. The fourth-order valence-corrected chi connectivity index (χ4v) is 2.03. The van der Waals surface area contributed by atoms with Crippen molar-refractivity contribution in [2.24, 2.45) is 0 Å². The molecule has 0 saturated heterocycles. The van der Waals surface area contributed by atoms with Crippen molar-refractivity contribution in [3.8, 4) is 6.07 Å². The molecule has 0 unspecified atom stereocenters. The Bertz CT molecular complexity index is 706. The van der Waals surface area contributed by atoms with E-state index in [0.717, 1.165) is 12.8 Å². The Kier molecular flexibility index (Phi) is 5.64. The topological polar surface area (TPSA) is 81.9 Å². The van der Waals surface area contributed by atoms with Crippen molar-refractivity contribution in [2.45, 2.75) is 19.8 Å². The summed E-state index contributed by atoms with van der Waals surface area (Å²) in [5.74, 6) is 0.343. The van der Waals surface area contributed by atoms with E-state index in [4.69, 9.17) is 5.26 Å². The number of amides is 1. The van der Waals surface area contributed by atoms with Crippen LogP contribution in [0.1, 0.15) is 35.8 Å². The summed E-state index contributed by atoms with van der Waals surface area (Å²) in [6, 6.07) is 12.6. The lowest BCUT2D eigenvalue weighted by atomic mass is 10.2. The number of benzene rings is 1. The van der Waals surface area contributed by atoms with Gasteiger partial charge in [0.2, 0.25) is 0 Å². The van der Waals surface area contributed by atoms with E-state index in [2.05, 4.69) is 28.5 Å². The molecule has 1 amide bonds. The van der Waals surface area contributed by atoms with Crippen molar-refractivity contribution in [3.63, 3.8) is 0 Å². The predicted octanol–water partition coefficient (Wildman–Crippen LogP) is 2.96. The van der Waals surface area contributed by atoms with Gasteiger partial charge in [0.25, 0.3) is 5.91 Å². The van der Waals surface area contributed by atoms with Crippen LogP contribution in [0.25, 0.3) is 0 Å². The third kappa shape index (κ3) is 4.27. The average Bonchev–Trinajstić information content (AvgIpc) is 2.60. The second-order valence-corrected chi connectivity index (χ2v) is 5.17. The Labute approximate surface area is 135 Å². The van der Waals surface area contributed by atoms with Gasteiger partial charge in [-0.3, -0.25) is 4.79 Å². The molecule has 6 heteroatoms. The number of carbonyl (C=O) groups is 1. The van der Waals surface area contributed by atoms with Crippen molar-refractivity contribution >= 4 is 17.4 Å². The number of anilines is 2. The summed E-state index contributed by atoms with van der Waals surface area (Å²) in [7, 11) is 1.76. The lowest BCUT2D eigenvalue weighted by Gasteiger charge is -2.15. The third-order valence-corrected chi connectivity index (χ3v) is 3.39. The van der Waals surface area contributed by atoms with E-state index in [1.165, 1.54) is 0 Å². The summed E-state index contributed by atoms with van der Waals surface area (Å²) in [6.45, 7) is 2.78. The number of aromatic nitrogens is 2. The molecule has 6 nitrogen and oxygen atoms in total. The van der Waals surface area contributed by atoms with Gasteiger partial charge in [0, 0.05) is 13.6 Å². The van der Waals surface area contributed by atoms with Crippen LogP contribution in [-0.2, 0) is 0 Å². The molecule has 0 aliphatic carbocycles. The number of unbranched alkanes of at least 4 members (excludes halogenated alkanes) is 1. The van der Waals surface area contributed by atoms with Crippen molar-refractivity contribution in [2.75, 3.05) is 18.9 Å². The highest BCUT2D eigenvalue weighted by Crippen LogP contribution is 2.18. The first kappa shape index (κ1) is 16.4. The van der Waals surface area contributed by atoms with Crippen LogP contribution in [0, 0.1) is 11.3 Å². The zero-order chi connectivity index (χ0) is 16.7. The highest BCUT2D eigenvalue weighted by Gasteiger charge is 2.13. The summed E-state index contributed by atoms with van der Waals surface area (Å²) >= 11 is 0. The first-order valence-electron chi connectivity index (χ1n) is 7.51. The second kappa shape index (κ2) is 7.90. The van der Waals surface area contributed by atoms with Crippen LogP contribution >= 0.6 is 0 Å². The van der Waals surface area contributed by atoms with Gasteiger partial charge in [0.1, 0.15) is 6.07 Å². The van der Waals surface area contributed by atoms with E-state index in [-0.39, 0.29) is 5.91 Å². The lowest BCUT2D eigenvalue weighted by molar-refractivity contribution is 0.0786. The fourth-order valence-electron chi connectivity index (χ4n) is 2.03. The molecular weight excluding hydrogens is 290 g/mol. The molecule has 1 heterocycles. The smallest absolute Gasteiger partial charge is 0.274 e. The maximum atomic E-state index is 12.2. The van der Waals surface area contributed by atoms with Gasteiger partial charge in [-0.25, -0.2) is 0 Å². The lowest BCUT2D eigenvalue weighted by Crippen LogP contribution is -2.28. The van der Waals surface area contributed by atoms with Crippen LogP contribution < -0.4 is 5.32 Å². The summed E-state index contributed by atoms with van der Waals surface area (Å²) in [6.07, 6.45) is 1.99. The molecule has 0 radical (unpaired) electrons. The number of nitrogens with one attached hydrogen (secondary N) is 1. The molecule has 0 spiro atoms. The minimum atomic E-state index is -0.144. The molecule has 118 valence electrons. The number of rotatable bonds is 6. The highest BCUT2D eigenvalue weighted by molar-refractivity contribution is 5.92. The van der Waals surface area contributed by atoms with Gasteiger partial charge in [0.15, 0.2) is 11.5 Å². The molecule has 23 heavy (non-hydrogen) atoms. The van der Waals surface area contributed by atoms with Crippen LogP contribution in [0.2, 0.25) is 0 Å². The van der Waals surface area contributed by atoms with E-state index in [1.54, 1.807) is 42.3 Å². The minimum Gasteiger partial charge on any atom is -0.340 e. The standard InChI is InChI=1S/C17H19N5O/c1-3-4-11-22(2)17(23)15-9-10-16(21-20-15)19-14-8-6-5-7-13(14)12-18/h5-10H,3-4,11H2,1-2H3,(H,19,21). The molecule has 0 saturated carbocycles. The van der Waals surface area contributed by atoms with Crippen molar-refractivity contribution in [1.29, 1.82) is 5.26 Å². The van der Waals surface area contributed by atoms with Crippen LogP contribution in [0.3, 0.4) is 0 Å². The maximum Gasteiger partial charge on any atom is 0.274 e. The van der Waals surface area contributed by atoms with E-state index in [0.29, 0.717) is 29.3 Å². The molecule has 0 atom stereocenters. The monoisotopic (exact) mass is 309 g/mol. The zero-order valence-corrected chi connectivity index (χ0v) is 13.3.